The molecular formula is C17H15Cl2N3O. The van der Waals surface area contributed by atoms with E-state index in [0.717, 1.165) is 24.0 Å². The van der Waals surface area contributed by atoms with Crippen molar-refractivity contribution in [2.45, 2.75) is 19.9 Å². The average Bonchev–Trinajstić information content (AvgIpc) is 2.88. The molecular weight excluding hydrogens is 333 g/mol. The van der Waals surface area contributed by atoms with Crippen molar-refractivity contribution in [1.82, 2.24) is 9.55 Å². The number of benzene rings is 2. The molecule has 3 rings (SSSR count). The molecule has 0 aliphatic carbocycles. The largest absolute Gasteiger partial charge is 0.310 e. The zero-order chi connectivity index (χ0) is 16.4. The van der Waals surface area contributed by atoms with Crippen LogP contribution in [0.5, 0.6) is 0 Å². The normalized spacial score (nSPS) is 10.9. The highest BCUT2D eigenvalue weighted by molar-refractivity contribution is 6.36. The van der Waals surface area contributed by atoms with Crippen molar-refractivity contribution in [3.8, 4) is 0 Å². The number of imidazole rings is 1. The molecule has 1 N–H and O–H groups in total. The number of carbonyl (C=O) groups excluding carboxylic acids is 1. The first-order chi connectivity index (χ1) is 11.1. The lowest BCUT2D eigenvalue weighted by Crippen LogP contribution is -2.16. The van der Waals surface area contributed by atoms with Crippen LogP contribution in [0.2, 0.25) is 10.0 Å². The Bertz CT molecular complexity index is 873. The first-order valence-electron chi connectivity index (χ1n) is 7.32. The molecule has 0 fully saturated rings. The highest BCUT2D eigenvalue weighted by Crippen LogP contribution is 2.24. The molecule has 0 radical (unpaired) electrons. The van der Waals surface area contributed by atoms with E-state index in [9.17, 15) is 4.79 Å². The summed E-state index contributed by atoms with van der Waals surface area (Å²) in [5, 5.41) is 3.65. The number of amides is 1. The lowest BCUT2D eigenvalue weighted by Gasteiger charge is -2.10. The van der Waals surface area contributed by atoms with Crippen LogP contribution in [0.1, 0.15) is 23.7 Å². The van der Waals surface area contributed by atoms with Crippen LogP contribution in [0, 0.1) is 0 Å². The number of nitrogens with one attached hydrogen (secondary N) is 1. The smallest absolute Gasteiger partial charge is 0.259 e. The van der Waals surface area contributed by atoms with Crippen molar-refractivity contribution in [2.24, 2.45) is 0 Å². The first kappa shape index (κ1) is 15.8. The molecule has 0 spiro atoms. The monoisotopic (exact) mass is 347 g/mol. The molecule has 2 aromatic carbocycles. The summed E-state index contributed by atoms with van der Waals surface area (Å²) in [5.41, 5.74) is 2.16. The molecule has 6 heteroatoms. The van der Waals surface area contributed by atoms with Crippen molar-refractivity contribution in [2.75, 3.05) is 5.32 Å². The van der Waals surface area contributed by atoms with Crippen LogP contribution in [-0.2, 0) is 6.54 Å². The summed E-state index contributed by atoms with van der Waals surface area (Å²) in [6.07, 6.45) is 0.932. The first-order valence-corrected chi connectivity index (χ1v) is 8.07. The van der Waals surface area contributed by atoms with Gasteiger partial charge in [-0.15, -0.1) is 0 Å². The lowest BCUT2D eigenvalue weighted by molar-refractivity contribution is 0.102. The van der Waals surface area contributed by atoms with Gasteiger partial charge < -0.3 is 4.57 Å². The van der Waals surface area contributed by atoms with E-state index in [1.54, 1.807) is 18.2 Å². The van der Waals surface area contributed by atoms with E-state index in [1.807, 2.05) is 28.8 Å². The predicted molar refractivity (Wildman–Crippen MR) is 94.4 cm³/mol. The Kier molecular flexibility index (Phi) is 4.55. The summed E-state index contributed by atoms with van der Waals surface area (Å²) in [4.78, 5) is 17.0. The number of rotatable bonds is 4. The molecule has 0 aliphatic rings. The quantitative estimate of drug-likeness (QED) is 0.721. The fraction of sp³-hybridized carbons (Fsp3) is 0.176. The van der Waals surface area contributed by atoms with Gasteiger partial charge >= 0.3 is 0 Å². The second-order valence-electron chi connectivity index (χ2n) is 5.15. The standard InChI is InChI=1S/C17H15Cl2N3O/c1-2-9-22-15-6-4-3-5-14(15)20-17(22)21-16(23)12-10-11(18)7-8-13(12)19/h3-8,10H,2,9H2,1H3,(H,20,21,23). The molecule has 0 atom stereocenters. The van der Waals surface area contributed by atoms with Crippen molar-refractivity contribution < 1.29 is 4.79 Å². The molecule has 23 heavy (non-hydrogen) atoms. The number of hydrogen-bond donors (Lipinski definition) is 1. The summed E-state index contributed by atoms with van der Waals surface area (Å²) in [6.45, 7) is 2.84. The topological polar surface area (TPSA) is 46.9 Å². The van der Waals surface area contributed by atoms with Gasteiger partial charge in [-0.3, -0.25) is 10.1 Å². The molecule has 1 heterocycles. The minimum Gasteiger partial charge on any atom is -0.310 e. The van der Waals surface area contributed by atoms with Crippen LogP contribution in [-0.4, -0.2) is 15.5 Å². The number of carbonyl (C=O) groups is 1. The van der Waals surface area contributed by atoms with Gasteiger partial charge in [0.1, 0.15) is 0 Å². The van der Waals surface area contributed by atoms with Gasteiger partial charge in [0.15, 0.2) is 0 Å². The summed E-state index contributed by atoms with van der Waals surface area (Å²) >= 11 is 12.0. The molecule has 0 saturated carbocycles. The van der Waals surface area contributed by atoms with E-state index in [2.05, 4.69) is 17.2 Å². The van der Waals surface area contributed by atoms with Gasteiger partial charge in [0.05, 0.1) is 21.6 Å². The van der Waals surface area contributed by atoms with Gasteiger partial charge in [-0.25, -0.2) is 4.98 Å². The second-order valence-corrected chi connectivity index (χ2v) is 6.00. The lowest BCUT2D eigenvalue weighted by atomic mass is 10.2. The molecule has 118 valence electrons. The third-order valence-corrected chi connectivity index (χ3v) is 4.06. The summed E-state index contributed by atoms with van der Waals surface area (Å²) < 4.78 is 1.99. The zero-order valence-corrected chi connectivity index (χ0v) is 14.0. The molecule has 0 bridgehead atoms. The maximum absolute atomic E-state index is 12.5. The Morgan fingerprint density at radius 2 is 2.00 bits per heavy atom. The van der Waals surface area contributed by atoms with E-state index < -0.39 is 0 Å². The van der Waals surface area contributed by atoms with Gasteiger partial charge in [-0.2, -0.15) is 0 Å². The maximum atomic E-state index is 12.5. The summed E-state index contributed by atoms with van der Waals surface area (Å²) in [7, 11) is 0. The Morgan fingerprint density at radius 3 is 2.78 bits per heavy atom. The van der Waals surface area contributed by atoms with Gasteiger partial charge in [0.25, 0.3) is 5.91 Å². The Balaban J connectivity index is 1.99. The van der Waals surface area contributed by atoms with Crippen LogP contribution in [0.25, 0.3) is 11.0 Å². The maximum Gasteiger partial charge on any atom is 0.259 e. The third kappa shape index (κ3) is 3.19. The number of aryl methyl sites for hydroxylation is 1. The molecule has 1 amide bonds. The summed E-state index contributed by atoms with van der Waals surface area (Å²) in [5.74, 6) is 0.180. The number of nitrogens with zero attached hydrogens (tertiary/aromatic N) is 2. The number of halogens is 2. The van der Waals surface area contributed by atoms with Crippen LogP contribution >= 0.6 is 23.2 Å². The molecule has 4 nitrogen and oxygen atoms in total. The van der Waals surface area contributed by atoms with Crippen molar-refractivity contribution in [3.63, 3.8) is 0 Å². The van der Waals surface area contributed by atoms with E-state index >= 15 is 0 Å². The highest BCUT2D eigenvalue weighted by atomic mass is 35.5. The van der Waals surface area contributed by atoms with Gasteiger partial charge in [0.2, 0.25) is 5.95 Å². The molecule has 1 aromatic heterocycles. The Labute approximate surface area is 144 Å². The third-order valence-electron chi connectivity index (χ3n) is 3.50. The number of para-hydroxylation sites is 2. The fourth-order valence-corrected chi connectivity index (χ4v) is 2.84. The minimum absolute atomic E-state index is 0.328. The number of hydrogen-bond acceptors (Lipinski definition) is 2. The molecule has 3 aromatic rings. The SMILES string of the molecule is CCCn1c(NC(=O)c2cc(Cl)ccc2Cl)nc2ccccc21. The zero-order valence-electron chi connectivity index (χ0n) is 12.5. The number of aromatic nitrogens is 2. The van der Waals surface area contributed by atoms with Crippen molar-refractivity contribution >= 4 is 46.1 Å². The second kappa shape index (κ2) is 6.60. The Morgan fingerprint density at radius 1 is 1.22 bits per heavy atom. The van der Waals surface area contributed by atoms with Crippen LogP contribution in [0.4, 0.5) is 5.95 Å². The van der Waals surface area contributed by atoms with Crippen LogP contribution < -0.4 is 5.32 Å². The average molecular weight is 348 g/mol. The van der Waals surface area contributed by atoms with E-state index in [1.165, 1.54) is 0 Å². The van der Waals surface area contributed by atoms with Crippen LogP contribution in [0.15, 0.2) is 42.5 Å². The van der Waals surface area contributed by atoms with Gasteiger partial charge in [-0.1, -0.05) is 42.3 Å². The molecule has 0 saturated heterocycles. The van der Waals surface area contributed by atoms with Crippen molar-refractivity contribution in [3.05, 3.63) is 58.1 Å². The summed E-state index contributed by atoms with van der Waals surface area (Å²) in [6, 6.07) is 12.6. The number of fused-ring (bicyclic) bond motifs is 1. The van der Waals surface area contributed by atoms with E-state index in [-0.39, 0.29) is 5.91 Å². The highest BCUT2D eigenvalue weighted by Gasteiger charge is 2.16. The minimum atomic E-state index is -0.329. The number of anilines is 1. The Hall–Kier alpha value is -2.04. The molecule has 0 unspecified atom stereocenters. The van der Waals surface area contributed by atoms with E-state index in [4.69, 9.17) is 23.2 Å². The van der Waals surface area contributed by atoms with Gasteiger partial charge in [0, 0.05) is 11.6 Å². The van der Waals surface area contributed by atoms with Crippen LogP contribution in [0.3, 0.4) is 0 Å². The molecule has 0 aliphatic heterocycles. The fourth-order valence-electron chi connectivity index (χ4n) is 2.46. The van der Waals surface area contributed by atoms with Gasteiger partial charge in [-0.05, 0) is 36.8 Å². The van der Waals surface area contributed by atoms with E-state index in [0.29, 0.717) is 21.6 Å². The predicted octanol–water partition coefficient (Wildman–Crippen LogP) is 5.01. The van der Waals surface area contributed by atoms with Crippen molar-refractivity contribution in [1.29, 1.82) is 0 Å².